The number of esters is 1. The highest BCUT2D eigenvalue weighted by Crippen LogP contribution is 2.13. The fourth-order valence-corrected chi connectivity index (χ4v) is 1.49. The molecule has 0 aromatic heterocycles. The van der Waals surface area contributed by atoms with Gasteiger partial charge in [0.25, 0.3) is 0 Å². The molecule has 0 saturated heterocycles. The molecule has 0 aliphatic rings. The number of benzene rings is 1. The van der Waals surface area contributed by atoms with Crippen LogP contribution in [-0.2, 0) is 20.9 Å². The number of hydrogen-bond donors (Lipinski definition) is 1. The van der Waals surface area contributed by atoms with E-state index in [0.29, 0.717) is 12.4 Å². The molecule has 1 aromatic rings. The van der Waals surface area contributed by atoms with Gasteiger partial charge in [-0.1, -0.05) is 25.6 Å². The monoisotopic (exact) mass is 307 g/mol. The first-order valence-electron chi connectivity index (χ1n) is 7.07. The molecular weight excluding hydrogens is 286 g/mol. The molecule has 0 aliphatic heterocycles. The molecule has 0 bridgehead atoms. The fraction of sp³-hybridized carbons (Fsp3) is 0.375. The van der Waals surface area contributed by atoms with Crippen molar-refractivity contribution in [2.45, 2.75) is 20.0 Å². The summed E-state index contributed by atoms with van der Waals surface area (Å²) in [5.74, 6) is -0.101. The molecule has 1 rings (SSSR count). The van der Waals surface area contributed by atoms with E-state index in [0.717, 1.165) is 24.7 Å². The van der Waals surface area contributed by atoms with E-state index in [2.05, 4.69) is 11.9 Å². The molecule has 0 spiro atoms. The van der Waals surface area contributed by atoms with Crippen LogP contribution >= 0.6 is 0 Å². The molecule has 0 fully saturated rings. The topological polar surface area (TPSA) is 73.9 Å². The van der Waals surface area contributed by atoms with Crippen molar-refractivity contribution in [2.24, 2.45) is 0 Å². The maximum atomic E-state index is 11.5. The van der Waals surface area contributed by atoms with Gasteiger partial charge in [0, 0.05) is 12.7 Å². The van der Waals surface area contributed by atoms with Crippen molar-refractivity contribution in [3.8, 4) is 5.75 Å². The number of rotatable bonds is 9. The van der Waals surface area contributed by atoms with E-state index in [1.807, 2.05) is 19.1 Å². The smallest absolute Gasteiger partial charge is 0.412 e. The summed E-state index contributed by atoms with van der Waals surface area (Å²) in [4.78, 5) is 22.3. The largest absolute Gasteiger partial charge is 0.461 e. The number of nitrogens with one attached hydrogen (secondary N) is 1. The second kappa shape index (κ2) is 10.4. The normalized spacial score (nSPS) is 9.86. The van der Waals surface area contributed by atoms with Gasteiger partial charge in [-0.3, -0.25) is 0 Å². The minimum Gasteiger partial charge on any atom is -0.461 e. The Balaban J connectivity index is 2.26. The van der Waals surface area contributed by atoms with Crippen molar-refractivity contribution in [3.05, 3.63) is 42.5 Å². The minimum atomic E-state index is -0.607. The molecule has 1 amide bonds. The van der Waals surface area contributed by atoms with Gasteiger partial charge in [-0.25, -0.2) is 9.59 Å². The SMILES string of the molecule is C=CC(=O)OCCNC(=O)Oc1ccc(COCCC)cc1. The predicted octanol–water partition coefficient (Wildman–Crippen LogP) is 2.43. The minimum absolute atomic E-state index is 0.0632. The van der Waals surface area contributed by atoms with Crippen molar-refractivity contribution in [1.82, 2.24) is 5.32 Å². The van der Waals surface area contributed by atoms with Crippen LogP contribution in [0.4, 0.5) is 4.79 Å². The summed E-state index contributed by atoms with van der Waals surface area (Å²) >= 11 is 0. The third kappa shape index (κ3) is 7.44. The molecule has 1 aromatic carbocycles. The molecule has 0 heterocycles. The maximum Gasteiger partial charge on any atom is 0.412 e. The molecule has 0 unspecified atom stereocenters. The average Bonchev–Trinajstić information content (AvgIpc) is 2.53. The summed E-state index contributed by atoms with van der Waals surface area (Å²) in [6.45, 7) is 6.80. The number of amides is 1. The lowest BCUT2D eigenvalue weighted by molar-refractivity contribution is -0.137. The first-order chi connectivity index (χ1) is 10.7. The Labute approximate surface area is 130 Å². The molecule has 6 heteroatoms. The van der Waals surface area contributed by atoms with Gasteiger partial charge < -0.3 is 19.5 Å². The highest BCUT2D eigenvalue weighted by Gasteiger charge is 2.04. The zero-order valence-electron chi connectivity index (χ0n) is 12.7. The molecule has 0 saturated carbocycles. The van der Waals surface area contributed by atoms with Crippen LogP contribution < -0.4 is 10.1 Å². The van der Waals surface area contributed by atoms with Gasteiger partial charge in [0.2, 0.25) is 0 Å². The Morgan fingerprint density at radius 3 is 2.59 bits per heavy atom. The van der Waals surface area contributed by atoms with Crippen molar-refractivity contribution in [2.75, 3.05) is 19.8 Å². The van der Waals surface area contributed by atoms with E-state index < -0.39 is 12.1 Å². The summed E-state index contributed by atoms with van der Waals surface area (Å²) in [5.41, 5.74) is 1.01. The van der Waals surface area contributed by atoms with E-state index in [4.69, 9.17) is 14.2 Å². The lowest BCUT2D eigenvalue weighted by Crippen LogP contribution is -2.30. The lowest BCUT2D eigenvalue weighted by atomic mass is 10.2. The Hall–Kier alpha value is -2.34. The van der Waals surface area contributed by atoms with Gasteiger partial charge in [0.05, 0.1) is 13.2 Å². The molecule has 0 radical (unpaired) electrons. The first-order valence-corrected chi connectivity index (χ1v) is 7.07. The van der Waals surface area contributed by atoms with Crippen LogP contribution in [0, 0.1) is 0 Å². The van der Waals surface area contributed by atoms with E-state index in [9.17, 15) is 9.59 Å². The summed E-state index contributed by atoms with van der Waals surface area (Å²) in [6.07, 6.45) is 1.43. The van der Waals surface area contributed by atoms with E-state index in [-0.39, 0.29) is 13.2 Å². The second-order valence-electron chi connectivity index (χ2n) is 4.38. The Kier molecular flexibility index (Phi) is 8.37. The van der Waals surface area contributed by atoms with Gasteiger partial charge in [-0.05, 0) is 24.1 Å². The van der Waals surface area contributed by atoms with E-state index in [1.54, 1.807) is 12.1 Å². The first kappa shape index (κ1) is 17.7. The van der Waals surface area contributed by atoms with Gasteiger partial charge in [0.1, 0.15) is 12.4 Å². The Morgan fingerprint density at radius 2 is 1.95 bits per heavy atom. The fourth-order valence-electron chi connectivity index (χ4n) is 1.49. The number of carbonyl (C=O) groups excluding carboxylic acids is 2. The van der Waals surface area contributed by atoms with E-state index in [1.165, 1.54) is 0 Å². The molecule has 6 nitrogen and oxygen atoms in total. The van der Waals surface area contributed by atoms with Crippen LogP contribution in [0.2, 0.25) is 0 Å². The molecular formula is C16H21NO5. The lowest BCUT2D eigenvalue weighted by Gasteiger charge is -2.08. The number of ether oxygens (including phenoxy) is 3. The van der Waals surface area contributed by atoms with Crippen molar-refractivity contribution in [3.63, 3.8) is 0 Å². The van der Waals surface area contributed by atoms with Crippen LogP contribution in [-0.4, -0.2) is 31.8 Å². The molecule has 120 valence electrons. The number of hydrogen-bond acceptors (Lipinski definition) is 5. The van der Waals surface area contributed by atoms with Crippen molar-refractivity contribution in [1.29, 1.82) is 0 Å². The maximum absolute atomic E-state index is 11.5. The summed E-state index contributed by atoms with van der Waals surface area (Å²) in [5, 5.41) is 2.47. The van der Waals surface area contributed by atoms with E-state index >= 15 is 0 Å². The molecule has 0 atom stereocenters. The Bertz CT molecular complexity index is 484. The third-order valence-electron chi connectivity index (χ3n) is 2.53. The highest BCUT2D eigenvalue weighted by molar-refractivity contribution is 5.81. The highest BCUT2D eigenvalue weighted by atomic mass is 16.6. The average molecular weight is 307 g/mol. The zero-order chi connectivity index (χ0) is 16.2. The van der Waals surface area contributed by atoms with Gasteiger partial charge >= 0.3 is 12.1 Å². The second-order valence-corrected chi connectivity index (χ2v) is 4.38. The van der Waals surface area contributed by atoms with Crippen LogP contribution in [0.5, 0.6) is 5.75 Å². The Morgan fingerprint density at radius 1 is 1.23 bits per heavy atom. The van der Waals surface area contributed by atoms with Gasteiger partial charge in [-0.15, -0.1) is 0 Å². The number of carbonyl (C=O) groups is 2. The molecule has 22 heavy (non-hydrogen) atoms. The van der Waals surface area contributed by atoms with Crippen molar-refractivity contribution < 1.29 is 23.8 Å². The molecule has 1 N–H and O–H groups in total. The quantitative estimate of drug-likeness (QED) is 0.431. The van der Waals surface area contributed by atoms with Gasteiger partial charge in [0.15, 0.2) is 0 Å². The van der Waals surface area contributed by atoms with Crippen LogP contribution in [0.15, 0.2) is 36.9 Å². The predicted molar refractivity (Wildman–Crippen MR) is 81.6 cm³/mol. The molecule has 0 aliphatic carbocycles. The van der Waals surface area contributed by atoms with Gasteiger partial charge in [-0.2, -0.15) is 0 Å². The zero-order valence-corrected chi connectivity index (χ0v) is 12.7. The summed E-state index contributed by atoms with van der Waals surface area (Å²) in [6, 6.07) is 7.07. The van der Waals surface area contributed by atoms with Crippen LogP contribution in [0.25, 0.3) is 0 Å². The summed E-state index contributed by atoms with van der Waals surface area (Å²) < 4.78 is 15.2. The van der Waals surface area contributed by atoms with Crippen molar-refractivity contribution >= 4 is 12.1 Å². The van der Waals surface area contributed by atoms with Crippen LogP contribution in [0.3, 0.4) is 0 Å². The van der Waals surface area contributed by atoms with Crippen LogP contribution in [0.1, 0.15) is 18.9 Å². The standard InChI is InChI=1S/C16H21NO5/c1-3-10-20-12-13-5-7-14(8-6-13)22-16(19)17-9-11-21-15(18)4-2/h4-8H,2-3,9-12H2,1H3,(H,17,19). The summed E-state index contributed by atoms with van der Waals surface area (Å²) in [7, 11) is 0. The third-order valence-corrected chi connectivity index (χ3v) is 2.53.